The van der Waals surface area contributed by atoms with E-state index in [1.54, 1.807) is 25.3 Å². The first-order valence-corrected chi connectivity index (χ1v) is 10.5. The third-order valence-corrected chi connectivity index (χ3v) is 6.02. The number of anilines is 1. The minimum absolute atomic E-state index is 0.0617. The van der Waals surface area contributed by atoms with E-state index in [0.29, 0.717) is 49.3 Å². The summed E-state index contributed by atoms with van der Waals surface area (Å²) in [4.78, 5) is 29.6. The molecular weight excluding hydrogens is 396 g/mol. The number of morpholine rings is 1. The number of nitrogens with zero attached hydrogens (tertiary/aromatic N) is 1. The maximum atomic E-state index is 12.7. The first kappa shape index (κ1) is 21.8. The second kappa shape index (κ2) is 10.2. The summed E-state index contributed by atoms with van der Waals surface area (Å²) in [7, 11) is 1.56. The number of piperazine rings is 1. The van der Waals surface area contributed by atoms with Gasteiger partial charge in [0, 0.05) is 18.1 Å². The van der Waals surface area contributed by atoms with Crippen molar-refractivity contribution in [1.82, 2.24) is 4.90 Å². The van der Waals surface area contributed by atoms with Gasteiger partial charge in [0.1, 0.15) is 31.9 Å². The Balaban J connectivity index is 1.48. The molecule has 2 aliphatic rings. The molecule has 8 nitrogen and oxygen atoms in total. The summed E-state index contributed by atoms with van der Waals surface area (Å²) >= 11 is 6.05. The maximum Gasteiger partial charge on any atom is 0.282 e. The Morgan fingerprint density at radius 3 is 2.59 bits per heavy atom. The summed E-state index contributed by atoms with van der Waals surface area (Å²) in [5, 5.41) is 3.48. The zero-order chi connectivity index (χ0) is 20.8. The van der Waals surface area contributed by atoms with Crippen LogP contribution in [0.15, 0.2) is 18.2 Å². The predicted molar refractivity (Wildman–Crippen MR) is 110 cm³/mol. The number of halogens is 1. The highest BCUT2D eigenvalue weighted by Gasteiger charge is 2.33. The molecule has 3 N–H and O–H groups in total. The topological polar surface area (TPSA) is 76.8 Å². The number of nitrogens with one attached hydrogen (secondary N) is 3. The van der Waals surface area contributed by atoms with Gasteiger partial charge in [-0.1, -0.05) is 11.6 Å². The summed E-state index contributed by atoms with van der Waals surface area (Å²) in [5.74, 6) is 0.722. The van der Waals surface area contributed by atoms with Crippen LogP contribution in [0.1, 0.15) is 6.92 Å². The normalized spacial score (nSPS) is 23.3. The van der Waals surface area contributed by atoms with Gasteiger partial charge in [-0.3, -0.25) is 9.59 Å². The van der Waals surface area contributed by atoms with E-state index in [2.05, 4.69) is 5.32 Å². The van der Waals surface area contributed by atoms with Gasteiger partial charge in [0.25, 0.3) is 11.8 Å². The zero-order valence-electron chi connectivity index (χ0n) is 17.1. The Morgan fingerprint density at radius 1 is 1.24 bits per heavy atom. The fourth-order valence-corrected chi connectivity index (χ4v) is 4.05. The third kappa shape index (κ3) is 5.82. The number of benzene rings is 1. The summed E-state index contributed by atoms with van der Waals surface area (Å²) in [6.45, 7) is 8.56. The van der Waals surface area contributed by atoms with Gasteiger partial charge in [-0.25, -0.2) is 0 Å². The van der Waals surface area contributed by atoms with Crippen molar-refractivity contribution in [3.63, 3.8) is 0 Å². The quantitative estimate of drug-likeness (QED) is 0.508. The number of ether oxygens (including phenoxy) is 2. The number of hydrogen-bond donors (Lipinski definition) is 3. The number of methoxy groups -OCH3 is 1. The number of hydrogen-bond acceptors (Lipinski definition) is 4. The summed E-state index contributed by atoms with van der Waals surface area (Å²) < 4.78 is 10.6. The lowest BCUT2D eigenvalue weighted by Crippen LogP contribution is -3.30. The highest BCUT2D eigenvalue weighted by atomic mass is 35.5. The summed E-state index contributed by atoms with van der Waals surface area (Å²) in [6.07, 6.45) is 0. The largest absolute Gasteiger partial charge is 0.495 e. The molecule has 2 amide bonds. The van der Waals surface area contributed by atoms with Gasteiger partial charge in [-0.2, -0.15) is 0 Å². The minimum atomic E-state index is -0.199. The monoisotopic (exact) mass is 426 g/mol. The standard InChI is InChI=1S/C20H29ClN4O4/c1-15(20(27)22-17-13-16(21)3-4-18(17)28-2)24-7-5-23(6-8-24)14-19(26)25-9-11-29-12-10-25/h3-4,13,15H,5-12,14H2,1-2H3,(H,22,27)/p+2/t15-/m1/s1. The molecule has 160 valence electrons. The molecule has 1 atom stereocenters. The maximum absolute atomic E-state index is 12.7. The fraction of sp³-hybridized carbons (Fsp3) is 0.600. The van der Waals surface area contributed by atoms with Crippen LogP contribution in [0.3, 0.4) is 0 Å². The van der Waals surface area contributed by atoms with Crippen LogP contribution in [0.25, 0.3) is 0 Å². The van der Waals surface area contributed by atoms with E-state index in [1.807, 2.05) is 11.8 Å². The molecule has 2 fully saturated rings. The predicted octanol–water partition coefficient (Wildman–Crippen LogP) is -1.68. The molecule has 0 radical (unpaired) electrons. The Bertz CT molecular complexity index is 718. The summed E-state index contributed by atoms with van der Waals surface area (Å²) in [5.41, 5.74) is 0.580. The van der Waals surface area contributed by atoms with E-state index in [1.165, 1.54) is 9.80 Å². The Morgan fingerprint density at radius 2 is 1.93 bits per heavy atom. The van der Waals surface area contributed by atoms with Crippen molar-refractivity contribution in [2.75, 3.05) is 71.5 Å². The lowest BCUT2D eigenvalue weighted by molar-refractivity contribution is -1.01. The van der Waals surface area contributed by atoms with Crippen LogP contribution >= 0.6 is 11.6 Å². The number of carbonyl (C=O) groups is 2. The number of rotatable bonds is 6. The molecule has 0 spiro atoms. The van der Waals surface area contributed by atoms with Crippen LogP contribution in [-0.4, -0.2) is 88.9 Å². The van der Waals surface area contributed by atoms with E-state index in [9.17, 15) is 9.59 Å². The molecular formula is C20H31ClN4O4+2. The zero-order valence-corrected chi connectivity index (χ0v) is 17.9. The van der Waals surface area contributed by atoms with E-state index in [-0.39, 0.29) is 17.9 Å². The SMILES string of the molecule is COc1ccc(Cl)cc1NC(=O)[C@@H](C)[NH+]1CC[NH+](CC(=O)N2CCOCC2)CC1. The van der Waals surface area contributed by atoms with Crippen molar-refractivity contribution in [1.29, 1.82) is 0 Å². The fourth-order valence-electron chi connectivity index (χ4n) is 3.88. The van der Waals surface area contributed by atoms with Crippen LogP contribution in [0.2, 0.25) is 5.02 Å². The second-order valence-electron chi connectivity index (χ2n) is 7.63. The van der Waals surface area contributed by atoms with Crippen LogP contribution in [-0.2, 0) is 14.3 Å². The Hall–Kier alpha value is -1.87. The molecule has 0 unspecified atom stereocenters. The molecule has 9 heteroatoms. The molecule has 1 aromatic rings. The van der Waals surface area contributed by atoms with Crippen LogP contribution in [0, 0.1) is 0 Å². The average Bonchev–Trinajstić information content (AvgIpc) is 2.74. The molecule has 1 aromatic carbocycles. The molecule has 0 saturated carbocycles. The lowest BCUT2D eigenvalue weighted by atomic mass is 10.2. The smallest absolute Gasteiger partial charge is 0.282 e. The molecule has 2 saturated heterocycles. The highest BCUT2D eigenvalue weighted by Crippen LogP contribution is 2.27. The third-order valence-electron chi connectivity index (χ3n) is 5.79. The number of quaternary nitrogens is 2. The van der Waals surface area contributed by atoms with Gasteiger partial charge in [0.05, 0.1) is 26.0 Å². The van der Waals surface area contributed by atoms with Gasteiger partial charge in [0.15, 0.2) is 12.6 Å². The van der Waals surface area contributed by atoms with Gasteiger partial charge >= 0.3 is 0 Å². The summed E-state index contributed by atoms with van der Waals surface area (Å²) in [6, 6.07) is 4.96. The van der Waals surface area contributed by atoms with Crippen LogP contribution < -0.4 is 19.9 Å². The molecule has 2 aliphatic heterocycles. The van der Waals surface area contributed by atoms with E-state index in [4.69, 9.17) is 21.1 Å². The molecule has 0 bridgehead atoms. The average molecular weight is 427 g/mol. The van der Waals surface area contributed by atoms with E-state index < -0.39 is 0 Å². The molecule has 3 rings (SSSR count). The van der Waals surface area contributed by atoms with Crippen molar-refractivity contribution in [3.05, 3.63) is 23.2 Å². The minimum Gasteiger partial charge on any atom is -0.495 e. The first-order chi connectivity index (χ1) is 14.0. The second-order valence-corrected chi connectivity index (χ2v) is 8.07. The van der Waals surface area contributed by atoms with Gasteiger partial charge in [-0.15, -0.1) is 0 Å². The van der Waals surface area contributed by atoms with Crippen molar-refractivity contribution in [2.24, 2.45) is 0 Å². The van der Waals surface area contributed by atoms with Crippen molar-refractivity contribution in [3.8, 4) is 5.75 Å². The number of carbonyl (C=O) groups excluding carboxylic acids is 2. The van der Waals surface area contributed by atoms with Crippen LogP contribution in [0.5, 0.6) is 5.75 Å². The van der Waals surface area contributed by atoms with Gasteiger partial charge in [0.2, 0.25) is 0 Å². The van der Waals surface area contributed by atoms with Gasteiger partial charge in [-0.05, 0) is 25.1 Å². The Labute approximate surface area is 176 Å². The lowest BCUT2D eigenvalue weighted by Gasteiger charge is -2.34. The highest BCUT2D eigenvalue weighted by molar-refractivity contribution is 6.31. The molecule has 0 aliphatic carbocycles. The first-order valence-electron chi connectivity index (χ1n) is 10.2. The Kier molecular flexibility index (Phi) is 7.71. The van der Waals surface area contributed by atoms with Crippen LogP contribution in [0.4, 0.5) is 5.69 Å². The number of amides is 2. The van der Waals surface area contributed by atoms with E-state index >= 15 is 0 Å². The van der Waals surface area contributed by atoms with Crippen molar-refractivity contribution in [2.45, 2.75) is 13.0 Å². The van der Waals surface area contributed by atoms with E-state index in [0.717, 1.165) is 26.2 Å². The molecule has 0 aromatic heterocycles. The van der Waals surface area contributed by atoms with Crippen molar-refractivity contribution < 1.29 is 28.9 Å². The van der Waals surface area contributed by atoms with Gasteiger partial charge < -0.3 is 29.5 Å². The molecule has 29 heavy (non-hydrogen) atoms. The van der Waals surface area contributed by atoms with Crippen molar-refractivity contribution >= 4 is 29.1 Å². The molecule has 2 heterocycles.